The SMILES string of the molecule is CCCOc1cccc(/C=C2/N=C(c3ccc(Cl)c([N+](=O)[O-])c3)OC2=O)c1. The fourth-order valence-corrected chi connectivity index (χ4v) is 2.58. The van der Waals surface area contributed by atoms with Gasteiger partial charge >= 0.3 is 5.97 Å². The third-order valence-electron chi connectivity index (χ3n) is 3.64. The Hall–Kier alpha value is -3.19. The van der Waals surface area contributed by atoms with E-state index in [1.165, 1.54) is 18.2 Å². The number of rotatable bonds is 6. The van der Waals surface area contributed by atoms with Crippen molar-refractivity contribution in [3.63, 3.8) is 0 Å². The zero-order chi connectivity index (χ0) is 19.4. The van der Waals surface area contributed by atoms with Crippen LogP contribution in [0.1, 0.15) is 24.5 Å². The van der Waals surface area contributed by atoms with E-state index in [0.717, 1.165) is 12.0 Å². The number of nitrogens with zero attached hydrogens (tertiary/aromatic N) is 2. The number of benzene rings is 2. The van der Waals surface area contributed by atoms with Crippen molar-refractivity contribution in [2.45, 2.75) is 13.3 Å². The highest BCUT2D eigenvalue weighted by atomic mass is 35.5. The summed E-state index contributed by atoms with van der Waals surface area (Å²) in [6.07, 6.45) is 2.46. The van der Waals surface area contributed by atoms with Crippen LogP contribution in [0.4, 0.5) is 5.69 Å². The van der Waals surface area contributed by atoms with Crippen molar-refractivity contribution in [1.29, 1.82) is 0 Å². The molecule has 0 aliphatic carbocycles. The molecular weight excluding hydrogens is 372 g/mol. The fraction of sp³-hybridized carbons (Fsp3) is 0.158. The lowest BCUT2D eigenvalue weighted by Gasteiger charge is -2.04. The predicted molar refractivity (Wildman–Crippen MR) is 101 cm³/mol. The molecule has 3 rings (SSSR count). The van der Waals surface area contributed by atoms with Gasteiger partial charge in [0.05, 0.1) is 11.5 Å². The first-order valence-electron chi connectivity index (χ1n) is 8.17. The van der Waals surface area contributed by atoms with E-state index in [1.54, 1.807) is 18.2 Å². The Morgan fingerprint density at radius 1 is 1.30 bits per heavy atom. The van der Waals surface area contributed by atoms with E-state index in [1.807, 2.05) is 19.1 Å². The van der Waals surface area contributed by atoms with Crippen molar-refractivity contribution in [1.82, 2.24) is 0 Å². The lowest BCUT2D eigenvalue weighted by molar-refractivity contribution is -0.384. The zero-order valence-electron chi connectivity index (χ0n) is 14.3. The third kappa shape index (κ3) is 4.32. The van der Waals surface area contributed by atoms with Gasteiger partial charge in [0, 0.05) is 11.6 Å². The number of hydrogen-bond donors (Lipinski definition) is 0. The quantitative estimate of drug-likeness (QED) is 0.318. The predicted octanol–water partition coefficient (Wildman–Crippen LogP) is 4.38. The van der Waals surface area contributed by atoms with Crippen molar-refractivity contribution in [3.05, 3.63) is 74.4 Å². The minimum Gasteiger partial charge on any atom is -0.494 e. The van der Waals surface area contributed by atoms with Gasteiger partial charge in [-0.3, -0.25) is 10.1 Å². The second-order valence-electron chi connectivity index (χ2n) is 5.68. The molecule has 2 aromatic rings. The number of esters is 1. The Kier molecular flexibility index (Phi) is 5.52. The van der Waals surface area contributed by atoms with E-state index in [2.05, 4.69) is 4.99 Å². The molecule has 1 aliphatic rings. The molecule has 1 aliphatic heterocycles. The Labute approximate surface area is 160 Å². The minimum absolute atomic E-state index is 0.00617. The van der Waals surface area contributed by atoms with Crippen LogP contribution in [0.5, 0.6) is 5.75 Å². The van der Waals surface area contributed by atoms with E-state index in [-0.39, 0.29) is 22.3 Å². The summed E-state index contributed by atoms with van der Waals surface area (Å²) in [5.74, 6) is 0.0435. The molecule has 0 atom stereocenters. The van der Waals surface area contributed by atoms with Crippen LogP contribution in [-0.2, 0) is 9.53 Å². The highest BCUT2D eigenvalue weighted by Gasteiger charge is 2.26. The lowest BCUT2D eigenvalue weighted by atomic mass is 10.2. The van der Waals surface area contributed by atoms with Crippen LogP contribution in [-0.4, -0.2) is 23.4 Å². The maximum absolute atomic E-state index is 12.1. The number of nitro groups is 1. The molecule has 1 heterocycles. The average Bonchev–Trinajstić information content (AvgIpc) is 3.01. The van der Waals surface area contributed by atoms with Gasteiger partial charge in [-0.2, -0.15) is 0 Å². The first kappa shape index (κ1) is 18.6. The molecule has 0 unspecified atom stereocenters. The molecule has 0 N–H and O–H groups in total. The number of carbonyl (C=O) groups excluding carboxylic acids is 1. The molecule has 0 aromatic heterocycles. The van der Waals surface area contributed by atoms with Gasteiger partial charge in [-0.1, -0.05) is 30.7 Å². The zero-order valence-corrected chi connectivity index (χ0v) is 15.1. The number of ether oxygens (including phenoxy) is 2. The maximum Gasteiger partial charge on any atom is 0.363 e. The molecule has 7 nitrogen and oxygen atoms in total. The molecule has 0 amide bonds. The highest BCUT2D eigenvalue weighted by molar-refractivity contribution is 6.32. The number of aliphatic imine (C=N–C) groups is 1. The molecule has 138 valence electrons. The fourth-order valence-electron chi connectivity index (χ4n) is 2.39. The molecule has 0 saturated carbocycles. The van der Waals surface area contributed by atoms with E-state index in [0.29, 0.717) is 17.9 Å². The van der Waals surface area contributed by atoms with E-state index in [9.17, 15) is 14.9 Å². The van der Waals surface area contributed by atoms with E-state index < -0.39 is 10.9 Å². The standard InChI is InChI=1S/C19H15ClN2O5/c1-2-8-26-14-5-3-4-12(9-14)10-16-19(23)27-18(21-16)13-6-7-15(20)17(11-13)22(24)25/h3-7,9-11H,2,8H2,1H3/b16-10+. The van der Waals surface area contributed by atoms with Gasteiger partial charge in [0.1, 0.15) is 10.8 Å². The highest BCUT2D eigenvalue weighted by Crippen LogP contribution is 2.28. The Morgan fingerprint density at radius 2 is 2.11 bits per heavy atom. The summed E-state index contributed by atoms with van der Waals surface area (Å²) < 4.78 is 10.7. The summed E-state index contributed by atoms with van der Waals surface area (Å²) in [6, 6.07) is 11.3. The Morgan fingerprint density at radius 3 is 2.85 bits per heavy atom. The summed E-state index contributed by atoms with van der Waals surface area (Å²) in [5.41, 5.74) is 0.826. The van der Waals surface area contributed by atoms with Gasteiger partial charge in [-0.05, 0) is 42.3 Å². The van der Waals surface area contributed by atoms with Crippen LogP contribution in [0.25, 0.3) is 6.08 Å². The summed E-state index contributed by atoms with van der Waals surface area (Å²) in [7, 11) is 0. The molecule has 0 saturated heterocycles. The topological polar surface area (TPSA) is 91.0 Å². The Balaban J connectivity index is 1.89. The van der Waals surface area contributed by atoms with E-state index in [4.69, 9.17) is 21.1 Å². The van der Waals surface area contributed by atoms with Crippen molar-refractivity contribution in [2.24, 2.45) is 4.99 Å². The molecule has 0 bridgehead atoms. The van der Waals surface area contributed by atoms with Gasteiger partial charge in [-0.15, -0.1) is 0 Å². The normalized spacial score (nSPS) is 14.8. The number of hydrogen-bond acceptors (Lipinski definition) is 6. The van der Waals surface area contributed by atoms with Crippen molar-refractivity contribution in [3.8, 4) is 5.75 Å². The van der Waals surface area contributed by atoms with Crippen molar-refractivity contribution in [2.75, 3.05) is 6.61 Å². The van der Waals surface area contributed by atoms with Crippen LogP contribution in [0, 0.1) is 10.1 Å². The molecular formula is C19H15ClN2O5. The number of nitro benzene ring substituents is 1. The van der Waals surface area contributed by atoms with Crippen LogP contribution in [0.2, 0.25) is 5.02 Å². The molecule has 8 heteroatoms. The Bertz CT molecular complexity index is 968. The second-order valence-corrected chi connectivity index (χ2v) is 6.09. The summed E-state index contributed by atoms with van der Waals surface area (Å²) in [6.45, 7) is 2.61. The van der Waals surface area contributed by atoms with Crippen LogP contribution >= 0.6 is 11.6 Å². The molecule has 0 fully saturated rings. The number of carbonyl (C=O) groups is 1. The molecule has 2 aromatic carbocycles. The van der Waals surface area contributed by atoms with Crippen molar-refractivity contribution < 1.29 is 19.2 Å². The van der Waals surface area contributed by atoms with Crippen LogP contribution < -0.4 is 4.74 Å². The van der Waals surface area contributed by atoms with Crippen LogP contribution in [0.3, 0.4) is 0 Å². The van der Waals surface area contributed by atoms with Gasteiger partial charge in [0.25, 0.3) is 5.69 Å². The second kappa shape index (κ2) is 8.01. The molecule has 27 heavy (non-hydrogen) atoms. The summed E-state index contributed by atoms with van der Waals surface area (Å²) in [4.78, 5) is 26.7. The summed E-state index contributed by atoms with van der Waals surface area (Å²) in [5, 5.41) is 11.0. The molecule has 0 radical (unpaired) electrons. The first-order chi connectivity index (χ1) is 13.0. The van der Waals surface area contributed by atoms with Gasteiger partial charge in [0.15, 0.2) is 5.70 Å². The number of halogens is 1. The smallest absolute Gasteiger partial charge is 0.363 e. The van der Waals surface area contributed by atoms with Gasteiger partial charge in [-0.25, -0.2) is 9.79 Å². The molecule has 0 spiro atoms. The first-order valence-corrected chi connectivity index (χ1v) is 8.55. The third-order valence-corrected chi connectivity index (χ3v) is 3.96. The van der Waals surface area contributed by atoms with Gasteiger partial charge in [0.2, 0.25) is 5.90 Å². The van der Waals surface area contributed by atoms with Gasteiger partial charge < -0.3 is 9.47 Å². The van der Waals surface area contributed by atoms with Crippen molar-refractivity contribution >= 4 is 35.2 Å². The monoisotopic (exact) mass is 386 g/mol. The minimum atomic E-state index is -0.637. The largest absolute Gasteiger partial charge is 0.494 e. The van der Waals surface area contributed by atoms with Crippen LogP contribution in [0.15, 0.2) is 53.2 Å². The maximum atomic E-state index is 12.1. The lowest BCUT2D eigenvalue weighted by Crippen LogP contribution is -2.06. The van der Waals surface area contributed by atoms with E-state index >= 15 is 0 Å². The summed E-state index contributed by atoms with van der Waals surface area (Å²) >= 11 is 5.80. The number of cyclic esters (lactones) is 1. The average molecular weight is 387 g/mol.